The minimum atomic E-state index is -0.463. The number of halogens is 1. The van der Waals surface area contributed by atoms with Gasteiger partial charge in [0.25, 0.3) is 0 Å². The van der Waals surface area contributed by atoms with Gasteiger partial charge in [-0.2, -0.15) is 0 Å². The number of hydrogen-bond acceptors (Lipinski definition) is 1. The average molecular weight is 360 g/mol. The molecule has 3 aromatic rings. The molecule has 0 aliphatic carbocycles. The first-order valence-electron chi connectivity index (χ1n) is 8.75. The summed E-state index contributed by atoms with van der Waals surface area (Å²) in [6.45, 7) is 2.35. The van der Waals surface area contributed by atoms with Gasteiger partial charge in [0.1, 0.15) is 5.82 Å². The van der Waals surface area contributed by atoms with E-state index >= 15 is 0 Å². The van der Waals surface area contributed by atoms with Crippen molar-refractivity contribution in [3.05, 3.63) is 102 Å². The number of para-hydroxylation sites is 1. The van der Waals surface area contributed by atoms with E-state index in [0.29, 0.717) is 6.54 Å². The van der Waals surface area contributed by atoms with Gasteiger partial charge in [-0.3, -0.25) is 4.90 Å². The molecule has 1 N–H and O–H groups in total. The number of nitrogens with zero attached hydrogens (tertiary/aromatic N) is 1. The molecule has 0 saturated carbocycles. The quantitative estimate of drug-likeness (QED) is 0.605. The van der Waals surface area contributed by atoms with Crippen LogP contribution in [0.4, 0.5) is 20.6 Å². The summed E-state index contributed by atoms with van der Waals surface area (Å²) in [5.74, 6) is -0.463. The van der Waals surface area contributed by atoms with Crippen LogP contribution in [-0.4, -0.2) is 12.6 Å². The maximum atomic E-state index is 13.9. The van der Waals surface area contributed by atoms with E-state index in [0.717, 1.165) is 16.8 Å². The van der Waals surface area contributed by atoms with Crippen LogP contribution in [0, 0.1) is 12.7 Å². The van der Waals surface area contributed by atoms with Gasteiger partial charge in [-0.05, 0) is 36.8 Å². The van der Waals surface area contributed by atoms with Crippen LogP contribution in [0.25, 0.3) is 6.08 Å². The summed E-state index contributed by atoms with van der Waals surface area (Å²) in [4.78, 5) is 14.4. The lowest BCUT2D eigenvalue weighted by atomic mass is 10.2. The van der Waals surface area contributed by atoms with Crippen LogP contribution in [0.3, 0.4) is 0 Å². The number of aryl methyl sites for hydroxylation is 1. The predicted molar refractivity (Wildman–Crippen MR) is 109 cm³/mol. The third-order valence-electron chi connectivity index (χ3n) is 4.10. The van der Waals surface area contributed by atoms with Crippen LogP contribution >= 0.6 is 0 Å². The van der Waals surface area contributed by atoms with Crippen LogP contribution in [0.15, 0.2) is 84.9 Å². The van der Waals surface area contributed by atoms with Crippen LogP contribution in [0.5, 0.6) is 0 Å². The minimum absolute atomic E-state index is 0.159. The maximum absolute atomic E-state index is 13.9. The Morgan fingerprint density at radius 3 is 2.33 bits per heavy atom. The van der Waals surface area contributed by atoms with Crippen LogP contribution in [0.2, 0.25) is 0 Å². The minimum Gasteiger partial charge on any atom is -0.305 e. The van der Waals surface area contributed by atoms with Crippen molar-refractivity contribution in [1.29, 1.82) is 0 Å². The van der Waals surface area contributed by atoms with E-state index in [-0.39, 0.29) is 11.7 Å². The highest BCUT2D eigenvalue weighted by atomic mass is 19.1. The molecule has 0 heterocycles. The molecular weight excluding hydrogens is 339 g/mol. The lowest BCUT2D eigenvalue weighted by Gasteiger charge is -2.22. The van der Waals surface area contributed by atoms with Crippen molar-refractivity contribution in [1.82, 2.24) is 0 Å². The van der Waals surface area contributed by atoms with Crippen molar-refractivity contribution >= 4 is 23.5 Å². The summed E-state index contributed by atoms with van der Waals surface area (Å²) in [7, 11) is 0. The van der Waals surface area contributed by atoms with Gasteiger partial charge in [0.2, 0.25) is 0 Å². The zero-order chi connectivity index (χ0) is 19.1. The predicted octanol–water partition coefficient (Wildman–Crippen LogP) is 5.89. The molecule has 0 radical (unpaired) electrons. The molecule has 0 aliphatic rings. The highest BCUT2D eigenvalue weighted by molar-refractivity contribution is 6.02. The van der Waals surface area contributed by atoms with Crippen molar-refractivity contribution in [3.63, 3.8) is 0 Å². The second kappa shape index (κ2) is 8.81. The standard InChI is InChI=1S/C23H21FN2O/c1-18-13-15-20(16-14-18)26(17-7-10-19-8-3-2-4-9-19)23(27)25-22-12-6-5-11-21(22)24/h2-16H,17H2,1H3,(H,25,27)/b10-7+. The summed E-state index contributed by atoms with van der Waals surface area (Å²) in [6.07, 6.45) is 3.87. The van der Waals surface area contributed by atoms with E-state index < -0.39 is 5.82 Å². The van der Waals surface area contributed by atoms with Gasteiger partial charge in [0.05, 0.1) is 5.69 Å². The first kappa shape index (κ1) is 18.4. The van der Waals surface area contributed by atoms with E-state index in [1.54, 1.807) is 23.1 Å². The Bertz CT molecular complexity index is 921. The van der Waals surface area contributed by atoms with E-state index in [9.17, 15) is 9.18 Å². The molecule has 0 saturated heterocycles. The molecule has 4 heteroatoms. The van der Waals surface area contributed by atoms with E-state index in [2.05, 4.69) is 5.32 Å². The highest BCUT2D eigenvalue weighted by Gasteiger charge is 2.16. The molecule has 0 aromatic heterocycles. The van der Waals surface area contributed by atoms with Crippen molar-refractivity contribution in [2.24, 2.45) is 0 Å². The molecule has 0 aliphatic heterocycles. The number of urea groups is 1. The van der Waals surface area contributed by atoms with Crippen molar-refractivity contribution in [3.8, 4) is 0 Å². The Kier molecular flexibility index (Phi) is 6.00. The molecule has 136 valence electrons. The second-order valence-corrected chi connectivity index (χ2v) is 6.17. The Morgan fingerprint density at radius 2 is 1.63 bits per heavy atom. The van der Waals surface area contributed by atoms with Crippen LogP contribution < -0.4 is 10.2 Å². The van der Waals surface area contributed by atoms with E-state index in [1.807, 2.05) is 73.7 Å². The summed E-state index contributed by atoms with van der Waals surface area (Å²) < 4.78 is 13.9. The molecule has 3 aromatic carbocycles. The molecule has 3 nitrogen and oxygen atoms in total. The number of carbonyl (C=O) groups excluding carboxylic acids is 1. The Labute approximate surface area is 158 Å². The number of amides is 2. The zero-order valence-corrected chi connectivity index (χ0v) is 15.1. The van der Waals surface area contributed by atoms with Crippen LogP contribution in [-0.2, 0) is 0 Å². The van der Waals surface area contributed by atoms with Gasteiger partial charge in [0, 0.05) is 12.2 Å². The Morgan fingerprint density at radius 1 is 0.963 bits per heavy atom. The first-order chi connectivity index (χ1) is 13.1. The fourth-order valence-electron chi connectivity index (χ4n) is 2.63. The van der Waals surface area contributed by atoms with Gasteiger partial charge < -0.3 is 5.32 Å². The summed E-state index contributed by atoms with van der Waals surface area (Å²) in [6, 6.07) is 23.3. The van der Waals surface area contributed by atoms with E-state index in [4.69, 9.17) is 0 Å². The molecular formula is C23H21FN2O. The molecule has 0 atom stereocenters. The van der Waals surface area contributed by atoms with E-state index in [1.165, 1.54) is 6.07 Å². The van der Waals surface area contributed by atoms with Crippen molar-refractivity contribution in [2.75, 3.05) is 16.8 Å². The summed E-state index contributed by atoms with van der Waals surface area (Å²) in [5.41, 5.74) is 3.06. The largest absolute Gasteiger partial charge is 0.326 e. The summed E-state index contributed by atoms with van der Waals surface area (Å²) in [5, 5.41) is 2.65. The van der Waals surface area contributed by atoms with Gasteiger partial charge in [-0.25, -0.2) is 9.18 Å². The molecule has 0 spiro atoms. The SMILES string of the molecule is Cc1ccc(N(C/C=C/c2ccccc2)C(=O)Nc2ccccc2F)cc1. The fraction of sp³-hybridized carbons (Fsp3) is 0.0870. The molecule has 2 amide bonds. The molecule has 0 bridgehead atoms. The zero-order valence-electron chi connectivity index (χ0n) is 15.1. The number of carbonyl (C=O) groups is 1. The number of benzene rings is 3. The lowest BCUT2D eigenvalue weighted by Crippen LogP contribution is -2.35. The molecule has 3 rings (SSSR count). The van der Waals surface area contributed by atoms with Gasteiger partial charge in [-0.1, -0.05) is 72.3 Å². The van der Waals surface area contributed by atoms with Crippen LogP contribution in [0.1, 0.15) is 11.1 Å². The molecule has 27 heavy (non-hydrogen) atoms. The first-order valence-corrected chi connectivity index (χ1v) is 8.75. The Hall–Kier alpha value is -3.40. The number of nitrogens with one attached hydrogen (secondary N) is 1. The maximum Gasteiger partial charge on any atom is 0.326 e. The molecule has 0 fully saturated rings. The third-order valence-corrected chi connectivity index (χ3v) is 4.10. The van der Waals surface area contributed by atoms with Gasteiger partial charge in [-0.15, -0.1) is 0 Å². The monoisotopic (exact) mass is 360 g/mol. The third kappa shape index (κ3) is 5.05. The number of anilines is 2. The molecule has 0 unspecified atom stereocenters. The number of rotatable bonds is 5. The smallest absolute Gasteiger partial charge is 0.305 e. The van der Waals surface area contributed by atoms with Gasteiger partial charge in [0.15, 0.2) is 0 Å². The van der Waals surface area contributed by atoms with Crippen molar-refractivity contribution in [2.45, 2.75) is 6.92 Å². The highest BCUT2D eigenvalue weighted by Crippen LogP contribution is 2.19. The Balaban J connectivity index is 1.80. The topological polar surface area (TPSA) is 32.3 Å². The second-order valence-electron chi connectivity index (χ2n) is 6.17. The summed E-state index contributed by atoms with van der Waals surface area (Å²) >= 11 is 0. The van der Waals surface area contributed by atoms with Crippen molar-refractivity contribution < 1.29 is 9.18 Å². The fourth-order valence-corrected chi connectivity index (χ4v) is 2.63. The van der Waals surface area contributed by atoms with Gasteiger partial charge >= 0.3 is 6.03 Å². The normalized spacial score (nSPS) is 10.7. The average Bonchev–Trinajstić information content (AvgIpc) is 2.69. The lowest BCUT2D eigenvalue weighted by molar-refractivity contribution is 0.257. The number of hydrogen-bond donors (Lipinski definition) is 1.